The van der Waals surface area contributed by atoms with Crippen LogP contribution in [0.2, 0.25) is 0 Å². The standard InChI is InChI=1S/C18H24N4OS/c1-3-14-11-24-17(20-14)12-5-4-6-22(10-12)18(23)16-7-15(16)13-8-19-21(2)9-13/h8-9,11-12,15-16H,3-7,10H2,1-2H3/t12-,15-,16+/m1/s1. The zero-order valence-corrected chi connectivity index (χ0v) is 15.1. The number of nitrogens with zero attached hydrogens (tertiary/aromatic N) is 4. The minimum atomic E-state index is 0.162. The van der Waals surface area contributed by atoms with Gasteiger partial charge in [0.15, 0.2) is 0 Å². The van der Waals surface area contributed by atoms with Crippen molar-refractivity contribution in [3.05, 3.63) is 34.0 Å². The summed E-state index contributed by atoms with van der Waals surface area (Å²) in [5.74, 6) is 1.29. The summed E-state index contributed by atoms with van der Waals surface area (Å²) in [7, 11) is 1.93. The van der Waals surface area contributed by atoms with Crippen LogP contribution in [0.3, 0.4) is 0 Å². The fourth-order valence-corrected chi connectivity index (χ4v) is 4.78. The molecular weight excluding hydrogens is 320 g/mol. The Bertz CT molecular complexity index is 737. The molecule has 1 aliphatic heterocycles. The fraction of sp³-hybridized carbons (Fsp3) is 0.611. The van der Waals surface area contributed by atoms with E-state index >= 15 is 0 Å². The lowest BCUT2D eigenvalue weighted by molar-refractivity contribution is -0.133. The van der Waals surface area contributed by atoms with Crippen LogP contribution >= 0.6 is 11.3 Å². The predicted molar refractivity (Wildman–Crippen MR) is 94.1 cm³/mol. The van der Waals surface area contributed by atoms with Crippen LogP contribution in [0.15, 0.2) is 17.8 Å². The predicted octanol–water partition coefficient (Wildman–Crippen LogP) is 2.95. The number of rotatable bonds is 4. The van der Waals surface area contributed by atoms with Gasteiger partial charge in [0.05, 0.1) is 16.9 Å². The summed E-state index contributed by atoms with van der Waals surface area (Å²) < 4.78 is 1.82. The largest absolute Gasteiger partial charge is 0.342 e. The van der Waals surface area contributed by atoms with Crippen molar-refractivity contribution in [3.63, 3.8) is 0 Å². The number of thiazole rings is 1. The Morgan fingerprint density at radius 2 is 2.33 bits per heavy atom. The summed E-state index contributed by atoms with van der Waals surface area (Å²) >= 11 is 1.76. The number of likely N-dealkylation sites (tertiary alicyclic amines) is 1. The number of aryl methyl sites for hydroxylation is 2. The number of carbonyl (C=O) groups is 1. The van der Waals surface area contributed by atoms with E-state index in [2.05, 4.69) is 22.3 Å². The lowest BCUT2D eigenvalue weighted by Gasteiger charge is -2.32. The van der Waals surface area contributed by atoms with Gasteiger partial charge in [0.1, 0.15) is 0 Å². The van der Waals surface area contributed by atoms with Gasteiger partial charge in [0, 0.05) is 43.5 Å². The van der Waals surface area contributed by atoms with Crippen LogP contribution in [0.1, 0.15) is 54.3 Å². The van der Waals surface area contributed by atoms with Gasteiger partial charge in [-0.3, -0.25) is 9.48 Å². The monoisotopic (exact) mass is 344 g/mol. The van der Waals surface area contributed by atoms with Crippen molar-refractivity contribution >= 4 is 17.2 Å². The van der Waals surface area contributed by atoms with E-state index in [1.165, 1.54) is 16.3 Å². The lowest BCUT2D eigenvalue weighted by Crippen LogP contribution is -2.40. The minimum absolute atomic E-state index is 0.162. The smallest absolute Gasteiger partial charge is 0.226 e. The van der Waals surface area contributed by atoms with Gasteiger partial charge in [-0.1, -0.05) is 6.92 Å². The average Bonchev–Trinajstić information content (AvgIpc) is 3.04. The first kappa shape index (κ1) is 15.8. The summed E-state index contributed by atoms with van der Waals surface area (Å²) in [6.45, 7) is 3.88. The summed E-state index contributed by atoms with van der Waals surface area (Å²) in [5, 5.41) is 7.61. The molecule has 0 radical (unpaired) electrons. The second-order valence-electron chi connectivity index (χ2n) is 7.05. The van der Waals surface area contributed by atoms with Gasteiger partial charge in [0.2, 0.25) is 5.91 Å². The highest BCUT2D eigenvalue weighted by atomic mass is 32.1. The maximum absolute atomic E-state index is 12.9. The summed E-state index contributed by atoms with van der Waals surface area (Å²) in [4.78, 5) is 19.7. The van der Waals surface area contributed by atoms with Gasteiger partial charge < -0.3 is 4.90 Å². The molecule has 5 nitrogen and oxygen atoms in total. The van der Waals surface area contributed by atoms with Crippen LogP contribution in [-0.4, -0.2) is 38.7 Å². The third kappa shape index (κ3) is 2.99. The molecule has 2 aliphatic rings. The van der Waals surface area contributed by atoms with Crippen LogP contribution in [-0.2, 0) is 18.3 Å². The molecule has 0 unspecified atom stereocenters. The average molecular weight is 344 g/mol. The fourth-order valence-electron chi connectivity index (χ4n) is 3.75. The van der Waals surface area contributed by atoms with Crippen LogP contribution in [0.5, 0.6) is 0 Å². The molecule has 0 spiro atoms. The second kappa shape index (κ2) is 6.31. The summed E-state index contributed by atoms with van der Waals surface area (Å²) in [6.07, 6.45) is 8.14. The maximum Gasteiger partial charge on any atom is 0.226 e. The number of amides is 1. The molecule has 2 fully saturated rings. The molecule has 1 saturated carbocycles. The van der Waals surface area contributed by atoms with E-state index in [0.29, 0.717) is 17.7 Å². The Kier molecular flexibility index (Phi) is 4.16. The van der Waals surface area contributed by atoms with Gasteiger partial charge in [-0.15, -0.1) is 11.3 Å². The maximum atomic E-state index is 12.9. The number of hydrogen-bond donors (Lipinski definition) is 0. The molecule has 4 rings (SSSR count). The molecule has 128 valence electrons. The van der Waals surface area contributed by atoms with Crippen molar-refractivity contribution in [2.24, 2.45) is 13.0 Å². The molecule has 0 bridgehead atoms. The van der Waals surface area contributed by atoms with Crippen LogP contribution < -0.4 is 0 Å². The Balaban J connectivity index is 1.40. The van der Waals surface area contributed by atoms with Gasteiger partial charge in [-0.25, -0.2) is 4.98 Å². The number of carbonyl (C=O) groups excluding carboxylic acids is 1. The number of piperidine rings is 1. The molecular formula is C18H24N4OS. The molecule has 3 atom stereocenters. The van der Waals surface area contributed by atoms with Crippen molar-refractivity contribution in [1.29, 1.82) is 0 Å². The molecule has 3 heterocycles. The highest BCUT2D eigenvalue weighted by Crippen LogP contribution is 2.48. The van der Waals surface area contributed by atoms with E-state index in [9.17, 15) is 4.79 Å². The van der Waals surface area contributed by atoms with Crippen molar-refractivity contribution < 1.29 is 4.79 Å². The number of aromatic nitrogens is 3. The zero-order valence-electron chi connectivity index (χ0n) is 14.3. The summed E-state index contributed by atoms with van der Waals surface area (Å²) in [5.41, 5.74) is 2.38. The highest BCUT2D eigenvalue weighted by Gasteiger charge is 2.47. The van der Waals surface area contributed by atoms with Crippen LogP contribution in [0.25, 0.3) is 0 Å². The molecule has 0 N–H and O–H groups in total. The zero-order chi connectivity index (χ0) is 16.7. The van der Waals surface area contributed by atoms with Crippen molar-refractivity contribution in [2.75, 3.05) is 13.1 Å². The normalized spacial score (nSPS) is 26.6. The lowest BCUT2D eigenvalue weighted by atomic mass is 9.98. The van der Waals surface area contributed by atoms with Crippen LogP contribution in [0, 0.1) is 5.92 Å². The van der Waals surface area contributed by atoms with E-state index in [-0.39, 0.29) is 5.92 Å². The van der Waals surface area contributed by atoms with Gasteiger partial charge in [-0.05, 0) is 37.2 Å². The first-order valence-electron chi connectivity index (χ1n) is 8.87. The molecule has 0 aromatic carbocycles. The Morgan fingerprint density at radius 3 is 3.04 bits per heavy atom. The van der Waals surface area contributed by atoms with Crippen molar-refractivity contribution in [3.8, 4) is 0 Å². The van der Waals surface area contributed by atoms with E-state index in [1.807, 2.05) is 24.1 Å². The molecule has 24 heavy (non-hydrogen) atoms. The third-order valence-corrected chi connectivity index (χ3v) is 6.33. The molecule has 1 saturated heterocycles. The van der Waals surface area contributed by atoms with E-state index in [0.717, 1.165) is 38.8 Å². The van der Waals surface area contributed by atoms with Crippen LogP contribution in [0.4, 0.5) is 0 Å². The Labute approximate surface area is 146 Å². The topological polar surface area (TPSA) is 51.0 Å². The van der Waals surface area contributed by atoms with Gasteiger partial charge in [0.25, 0.3) is 0 Å². The third-order valence-electron chi connectivity index (χ3n) is 5.27. The van der Waals surface area contributed by atoms with Gasteiger partial charge >= 0.3 is 0 Å². The SMILES string of the molecule is CCc1csc([C@@H]2CCCN(C(=O)[C@H]3C[C@@H]3c3cnn(C)c3)C2)n1. The van der Waals surface area contributed by atoms with E-state index in [4.69, 9.17) is 4.98 Å². The minimum Gasteiger partial charge on any atom is -0.342 e. The molecule has 6 heteroatoms. The van der Waals surface area contributed by atoms with Crippen molar-refractivity contribution in [1.82, 2.24) is 19.7 Å². The van der Waals surface area contributed by atoms with E-state index < -0.39 is 0 Å². The van der Waals surface area contributed by atoms with E-state index in [1.54, 1.807) is 11.3 Å². The summed E-state index contributed by atoms with van der Waals surface area (Å²) in [6, 6.07) is 0. The first-order valence-corrected chi connectivity index (χ1v) is 9.75. The molecule has 1 amide bonds. The second-order valence-corrected chi connectivity index (χ2v) is 7.94. The molecule has 1 aliphatic carbocycles. The quantitative estimate of drug-likeness (QED) is 0.857. The van der Waals surface area contributed by atoms with Crippen molar-refractivity contribution in [2.45, 2.75) is 44.4 Å². The Morgan fingerprint density at radius 1 is 1.46 bits per heavy atom. The molecule has 2 aromatic heterocycles. The first-order chi connectivity index (χ1) is 11.7. The number of hydrogen-bond acceptors (Lipinski definition) is 4. The molecule has 2 aromatic rings. The van der Waals surface area contributed by atoms with Gasteiger partial charge in [-0.2, -0.15) is 5.10 Å². The Hall–Kier alpha value is -1.69. The highest BCUT2D eigenvalue weighted by molar-refractivity contribution is 7.09.